The number of unbranched alkanes of at least 4 members (excludes halogenated alkanes) is 3. The zero-order chi connectivity index (χ0) is 61.0. The monoisotopic (exact) mass is 1150 g/mol. The molecule has 0 spiro atoms. The van der Waals surface area contributed by atoms with Crippen LogP contribution in [0.3, 0.4) is 0 Å². The Morgan fingerprint density at radius 1 is 0.422 bits per heavy atom. The normalized spacial score (nSPS) is 12.2. The number of aliphatic imine (C=N–C) groups is 1. The number of nitrogens with two attached hydrogens (primary N) is 7. The van der Waals surface area contributed by atoms with Crippen molar-refractivity contribution in [2.24, 2.45) is 45.1 Å². The van der Waals surface area contributed by atoms with Crippen LogP contribution in [0.5, 0.6) is 23.0 Å². The van der Waals surface area contributed by atoms with Crippen molar-refractivity contribution in [1.82, 2.24) is 16.0 Å². The Labute approximate surface area is 481 Å². The fourth-order valence-electron chi connectivity index (χ4n) is 8.43. The molecular formula is C56H79N15O12. The van der Waals surface area contributed by atoms with Crippen molar-refractivity contribution in [1.29, 1.82) is 0 Å². The topological polar surface area (TPSA) is 452 Å². The maximum absolute atomic E-state index is 14.3. The number of rotatable bonds is 35. The fraction of sp³-hybridized carbons (Fsp3) is 0.411. The van der Waals surface area contributed by atoms with Crippen molar-refractivity contribution in [2.75, 3.05) is 75.9 Å². The first kappa shape index (κ1) is 66.5. The third kappa shape index (κ3) is 20.8. The molecule has 27 heteroatoms. The van der Waals surface area contributed by atoms with E-state index in [2.05, 4.69) is 42.2 Å². The van der Waals surface area contributed by atoms with Gasteiger partial charge in [0.1, 0.15) is 41.1 Å². The molecule has 8 amide bonds. The second-order valence-corrected chi connectivity index (χ2v) is 19.0. The number of hydrogen-bond donors (Lipinski definition) is 14. The number of benzene rings is 4. The van der Waals surface area contributed by atoms with Crippen LogP contribution in [-0.2, 0) is 19.2 Å². The molecule has 21 N–H and O–H groups in total. The summed E-state index contributed by atoms with van der Waals surface area (Å²) in [5.74, 6) is -5.12. The number of anilines is 4. The summed E-state index contributed by atoms with van der Waals surface area (Å²) < 4.78 is 21.7. The standard InChI is InChI=1S/C56H79N15O12/c1-80-44-20-16-32(28-36(44)48(61)72)66-53(77)41(13-6-9-25-58)69-50(74)38-31-35(19-23-46(38)82-3)68-55(79)43(15-11-27-64-56(62)63)71-51(75)39-30-34(18-22-47(39)83-4)67-54(78)42(14-7-10-26-59)70-49(73)37-29-33(17-21-45(37)81-2)65-52(76)40(60)12-5-8-24-57/h16-23,28-31,40-43H,5-15,24-27,57-60H2,1-4H3,(H2,61,72)(H,65,76)(H,66,77)(H,67,78)(H,68,79)(H,69,74)(H,70,73)(H,71,75)(H4,62,63,64)/t40-,41-,42-,43-/m0/s1. The zero-order valence-corrected chi connectivity index (χ0v) is 47.2. The van der Waals surface area contributed by atoms with E-state index in [0.29, 0.717) is 64.6 Å². The Morgan fingerprint density at radius 3 is 1.04 bits per heavy atom. The quantitative estimate of drug-likeness (QED) is 0.0177. The molecule has 0 saturated heterocycles. The number of primary amides is 1. The van der Waals surface area contributed by atoms with Gasteiger partial charge in [-0.25, -0.2) is 0 Å². The number of carbonyl (C=O) groups is 8. The zero-order valence-electron chi connectivity index (χ0n) is 47.2. The van der Waals surface area contributed by atoms with Gasteiger partial charge >= 0.3 is 0 Å². The summed E-state index contributed by atoms with van der Waals surface area (Å²) in [5.41, 5.74) is 40.4. The van der Waals surface area contributed by atoms with Gasteiger partial charge in [-0.15, -0.1) is 0 Å². The summed E-state index contributed by atoms with van der Waals surface area (Å²) in [6.45, 7) is 1.21. The van der Waals surface area contributed by atoms with Gasteiger partial charge in [0.2, 0.25) is 23.6 Å². The molecule has 0 heterocycles. The highest BCUT2D eigenvalue weighted by Gasteiger charge is 2.29. The number of amides is 8. The Kier molecular flexibility index (Phi) is 27.5. The summed E-state index contributed by atoms with van der Waals surface area (Å²) in [6, 6.07) is 12.9. The lowest BCUT2D eigenvalue weighted by atomic mass is 10.1. The van der Waals surface area contributed by atoms with Crippen LogP contribution in [0.15, 0.2) is 77.8 Å². The minimum atomic E-state index is -1.27. The van der Waals surface area contributed by atoms with Crippen molar-refractivity contribution in [3.63, 3.8) is 0 Å². The maximum Gasteiger partial charge on any atom is 0.255 e. The molecule has 0 aromatic heterocycles. The number of guanidine groups is 1. The van der Waals surface area contributed by atoms with E-state index in [1.54, 1.807) is 6.07 Å². The molecule has 4 rings (SSSR count). The number of ether oxygens (including phenoxy) is 4. The number of methoxy groups -OCH3 is 4. The summed E-state index contributed by atoms with van der Waals surface area (Å²) in [4.78, 5) is 113. The van der Waals surface area contributed by atoms with E-state index in [0.717, 1.165) is 0 Å². The number of nitrogens with one attached hydrogen (secondary N) is 7. The van der Waals surface area contributed by atoms with Crippen LogP contribution in [0, 0.1) is 0 Å². The second-order valence-electron chi connectivity index (χ2n) is 19.0. The van der Waals surface area contributed by atoms with Gasteiger partial charge in [0.25, 0.3) is 23.6 Å². The van der Waals surface area contributed by atoms with E-state index in [1.807, 2.05) is 0 Å². The number of nitrogens with zero attached hydrogens (tertiary/aromatic N) is 1. The van der Waals surface area contributed by atoms with Gasteiger partial charge in [-0.3, -0.25) is 43.3 Å². The molecule has 27 nitrogen and oxygen atoms in total. The molecule has 0 bridgehead atoms. The average Bonchev–Trinajstić information content (AvgIpc) is 3.56. The third-order valence-corrected chi connectivity index (χ3v) is 12.9. The van der Waals surface area contributed by atoms with Gasteiger partial charge in [0.15, 0.2) is 5.96 Å². The Hall–Kier alpha value is -9.05. The largest absolute Gasteiger partial charge is 0.496 e. The van der Waals surface area contributed by atoms with E-state index in [-0.39, 0.29) is 106 Å². The molecule has 83 heavy (non-hydrogen) atoms. The van der Waals surface area contributed by atoms with Gasteiger partial charge in [0.05, 0.1) is 56.7 Å². The molecule has 4 atom stereocenters. The minimum absolute atomic E-state index is 0.00166. The summed E-state index contributed by atoms with van der Waals surface area (Å²) in [5, 5.41) is 19.2. The van der Waals surface area contributed by atoms with E-state index in [4.69, 9.17) is 59.1 Å². The first-order valence-electron chi connectivity index (χ1n) is 26.9. The van der Waals surface area contributed by atoms with Gasteiger partial charge < -0.3 is 96.3 Å². The summed E-state index contributed by atoms with van der Waals surface area (Å²) in [6.07, 6.45) is 4.29. The molecule has 4 aromatic carbocycles. The fourth-order valence-corrected chi connectivity index (χ4v) is 8.43. The van der Waals surface area contributed by atoms with E-state index in [9.17, 15) is 38.4 Å². The highest BCUT2D eigenvalue weighted by atomic mass is 16.5. The van der Waals surface area contributed by atoms with Crippen LogP contribution < -0.4 is 96.3 Å². The Bertz CT molecular complexity index is 2920. The molecule has 0 unspecified atom stereocenters. The molecule has 0 radical (unpaired) electrons. The van der Waals surface area contributed by atoms with E-state index < -0.39 is 71.4 Å². The number of carbonyl (C=O) groups excluding carboxylic acids is 8. The average molecular weight is 1150 g/mol. The lowest BCUT2D eigenvalue weighted by Gasteiger charge is -2.22. The third-order valence-electron chi connectivity index (χ3n) is 12.9. The van der Waals surface area contributed by atoms with Crippen LogP contribution in [0.25, 0.3) is 0 Å². The first-order valence-corrected chi connectivity index (χ1v) is 26.9. The Balaban J connectivity index is 1.58. The predicted molar refractivity (Wildman–Crippen MR) is 315 cm³/mol. The number of hydrogen-bond acceptors (Lipinski definition) is 17. The van der Waals surface area contributed by atoms with E-state index >= 15 is 0 Å². The molecule has 0 saturated carbocycles. The molecule has 0 aliphatic rings. The highest BCUT2D eigenvalue weighted by molar-refractivity contribution is 6.07. The van der Waals surface area contributed by atoms with Gasteiger partial charge in [0, 0.05) is 29.3 Å². The SMILES string of the molecule is COc1ccc(NC(=O)[C@H](CCCCN)NC(=O)c2cc(NC(=O)[C@H](CCCN=C(N)N)NC(=O)c3cc(NC(=O)[C@H](CCCCN)NC(=O)c4cc(NC(=O)[C@@H](N)CCCCN)ccc4OC)ccc3OC)ccc2OC)cc1C(N)=O. The first-order chi connectivity index (χ1) is 39.8. The van der Waals surface area contributed by atoms with Crippen LogP contribution in [0.2, 0.25) is 0 Å². The molecular weight excluding hydrogens is 1070 g/mol. The molecule has 450 valence electrons. The minimum Gasteiger partial charge on any atom is -0.496 e. The lowest BCUT2D eigenvalue weighted by Crippen LogP contribution is -2.44. The Morgan fingerprint density at radius 2 is 0.723 bits per heavy atom. The summed E-state index contributed by atoms with van der Waals surface area (Å²) >= 11 is 0. The van der Waals surface area contributed by atoms with Gasteiger partial charge in [-0.1, -0.05) is 6.42 Å². The van der Waals surface area contributed by atoms with Crippen molar-refractivity contribution in [3.8, 4) is 23.0 Å². The van der Waals surface area contributed by atoms with Crippen LogP contribution in [-0.4, -0.2) is 132 Å². The van der Waals surface area contributed by atoms with Gasteiger partial charge in [-0.2, -0.15) is 0 Å². The van der Waals surface area contributed by atoms with Crippen LogP contribution in [0.4, 0.5) is 22.7 Å². The van der Waals surface area contributed by atoms with Crippen molar-refractivity contribution in [2.45, 2.75) is 94.8 Å². The molecule has 0 aliphatic carbocycles. The predicted octanol–water partition coefficient (Wildman–Crippen LogP) is 1.74. The molecule has 0 fully saturated rings. The van der Waals surface area contributed by atoms with Crippen molar-refractivity contribution < 1.29 is 57.3 Å². The van der Waals surface area contributed by atoms with Crippen LogP contribution in [0.1, 0.15) is 112 Å². The molecule has 0 aliphatic heterocycles. The van der Waals surface area contributed by atoms with Gasteiger partial charge in [-0.05, 0) is 157 Å². The van der Waals surface area contributed by atoms with Crippen molar-refractivity contribution in [3.05, 3.63) is 95.1 Å². The molecule has 4 aromatic rings. The maximum atomic E-state index is 14.3. The second kappa shape index (κ2) is 34.3. The lowest BCUT2D eigenvalue weighted by molar-refractivity contribution is -0.118. The van der Waals surface area contributed by atoms with E-state index in [1.165, 1.54) is 95.2 Å². The van der Waals surface area contributed by atoms with Crippen LogP contribution >= 0.6 is 0 Å². The van der Waals surface area contributed by atoms with Crippen molar-refractivity contribution >= 4 is 76.0 Å². The highest BCUT2D eigenvalue weighted by Crippen LogP contribution is 2.28. The smallest absolute Gasteiger partial charge is 0.255 e. The summed E-state index contributed by atoms with van der Waals surface area (Å²) in [7, 11) is 5.39.